The van der Waals surface area contributed by atoms with Gasteiger partial charge in [0, 0.05) is 11.5 Å². The van der Waals surface area contributed by atoms with Gasteiger partial charge in [-0.2, -0.15) is 4.39 Å². The Labute approximate surface area is 224 Å². The van der Waals surface area contributed by atoms with E-state index in [9.17, 15) is 8.78 Å². The first-order valence-electron chi connectivity index (χ1n) is 13.7. The summed E-state index contributed by atoms with van der Waals surface area (Å²) in [5.74, 6) is -2.17. The maximum absolute atomic E-state index is 15.1. The van der Waals surface area contributed by atoms with E-state index in [1.807, 2.05) is 18.2 Å². The standard InChI is InChI=1S/C33H37F3O2/c1-3-5-7-8-20-37-31-19-18-29(32(35)33(31)36)24-12-10-23(11-13-24)25-15-17-28(30(34)21-25)26-14-16-27(38-22-26)9-6-4-2/h4,10-13,15,17-19,21,26-27H,2-3,5-9,14,16,20,22H2,1H3. The highest BCUT2D eigenvalue weighted by Gasteiger charge is 2.25. The van der Waals surface area contributed by atoms with Crippen molar-refractivity contribution in [3.05, 3.63) is 90.3 Å². The summed E-state index contributed by atoms with van der Waals surface area (Å²) in [4.78, 5) is 0. The molecule has 1 aliphatic rings. The molecule has 0 spiro atoms. The highest BCUT2D eigenvalue weighted by molar-refractivity contribution is 5.71. The van der Waals surface area contributed by atoms with Crippen LogP contribution in [0.3, 0.4) is 0 Å². The Bertz CT molecular complexity index is 1200. The molecule has 5 heteroatoms. The van der Waals surface area contributed by atoms with Crippen molar-refractivity contribution < 1.29 is 22.6 Å². The molecule has 202 valence electrons. The predicted molar refractivity (Wildman–Crippen MR) is 148 cm³/mol. The van der Waals surface area contributed by atoms with E-state index in [0.717, 1.165) is 62.5 Å². The van der Waals surface area contributed by atoms with Gasteiger partial charge in [0.05, 0.1) is 19.3 Å². The van der Waals surface area contributed by atoms with Gasteiger partial charge in [0.1, 0.15) is 5.82 Å². The van der Waals surface area contributed by atoms with Crippen LogP contribution in [0.25, 0.3) is 22.3 Å². The van der Waals surface area contributed by atoms with Crippen molar-refractivity contribution in [2.45, 2.75) is 70.3 Å². The zero-order chi connectivity index (χ0) is 26.9. The number of halogens is 3. The van der Waals surface area contributed by atoms with Crippen LogP contribution in [-0.4, -0.2) is 19.3 Å². The smallest absolute Gasteiger partial charge is 0.201 e. The van der Waals surface area contributed by atoms with Crippen molar-refractivity contribution in [3.63, 3.8) is 0 Å². The third-order valence-electron chi connectivity index (χ3n) is 7.33. The van der Waals surface area contributed by atoms with Gasteiger partial charge in [0.2, 0.25) is 5.82 Å². The lowest BCUT2D eigenvalue weighted by molar-refractivity contribution is -0.000784. The fourth-order valence-electron chi connectivity index (χ4n) is 5.04. The van der Waals surface area contributed by atoms with Gasteiger partial charge in [0.25, 0.3) is 0 Å². The molecular formula is C33H37F3O2. The molecule has 1 fully saturated rings. The summed E-state index contributed by atoms with van der Waals surface area (Å²) >= 11 is 0. The van der Waals surface area contributed by atoms with Crippen molar-refractivity contribution in [1.29, 1.82) is 0 Å². The molecule has 0 amide bonds. The molecule has 0 saturated carbocycles. The van der Waals surface area contributed by atoms with Gasteiger partial charge < -0.3 is 9.47 Å². The molecule has 1 aliphatic heterocycles. The fraction of sp³-hybridized carbons (Fsp3) is 0.394. The SMILES string of the molecule is C=CCCC1CCC(c2ccc(-c3ccc(-c4ccc(OCCCCCC)c(F)c4F)cc3)cc2F)CO1. The van der Waals surface area contributed by atoms with Crippen LogP contribution in [0.2, 0.25) is 0 Å². The van der Waals surface area contributed by atoms with E-state index in [1.165, 1.54) is 12.1 Å². The molecule has 4 rings (SSSR count). The molecule has 3 aromatic rings. The van der Waals surface area contributed by atoms with Gasteiger partial charge in [-0.1, -0.05) is 68.7 Å². The van der Waals surface area contributed by atoms with E-state index in [0.29, 0.717) is 24.3 Å². The first-order valence-corrected chi connectivity index (χ1v) is 13.7. The monoisotopic (exact) mass is 522 g/mol. The molecular weight excluding hydrogens is 485 g/mol. The maximum atomic E-state index is 15.1. The maximum Gasteiger partial charge on any atom is 0.201 e. The third-order valence-corrected chi connectivity index (χ3v) is 7.33. The topological polar surface area (TPSA) is 18.5 Å². The van der Waals surface area contributed by atoms with Crippen LogP contribution in [-0.2, 0) is 4.74 Å². The van der Waals surface area contributed by atoms with E-state index in [1.54, 1.807) is 30.3 Å². The molecule has 2 atom stereocenters. The molecule has 38 heavy (non-hydrogen) atoms. The van der Waals surface area contributed by atoms with Crippen LogP contribution in [0.15, 0.2) is 67.3 Å². The zero-order valence-corrected chi connectivity index (χ0v) is 22.2. The largest absolute Gasteiger partial charge is 0.490 e. The quantitative estimate of drug-likeness (QED) is 0.174. The van der Waals surface area contributed by atoms with Gasteiger partial charge in [-0.3, -0.25) is 0 Å². The minimum atomic E-state index is -0.974. The van der Waals surface area contributed by atoms with Crippen molar-refractivity contribution in [1.82, 2.24) is 0 Å². The van der Waals surface area contributed by atoms with Crippen LogP contribution in [0.4, 0.5) is 13.2 Å². The average Bonchev–Trinajstić information content (AvgIpc) is 2.94. The van der Waals surface area contributed by atoms with Gasteiger partial charge in [-0.15, -0.1) is 6.58 Å². The van der Waals surface area contributed by atoms with Gasteiger partial charge in [-0.25, -0.2) is 8.78 Å². The molecule has 0 N–H and O–H groups in total. The van der Waals surface area contributed by atoms with E-state index < -0.39 is 11.6 Å². The number of hydrogen-bond donors (Lipinski definition) is 0. The average molecular weight is 523 g/mol. The third kappa shape index (κ3) is 6.87. The summed E-state index contributed by atoms with van der Waals surface area (Å²) in [7, 11) is 0. The van der Waals surface area contributed by atoms with Crippen molar-refractivity contribution in [3.8, 4) is 28.0 Å². The lowest BCUT2D eigenvalue weighted by atomic mass is 9.89. The number of hydrogen-bond acceptors (Lipinski definition) is 2. The summed E-state index contributed by atoms with van der Waals surface area (Å²) in [6.07, 6.45) is 9.84. The Hall–Kier alpha value is -3.05. The van der Waals surface area contributed by atoms with Gasteiger partial charge in [-0.05, 0) is 72.6 Å². The van der Waals surface area contributed by atoms with Crippen LogP contribution in [0.1, 0.15) is 69.8 Å². The molecule has 2 nitrogen and oxygen atoms in total. The molecule has 3 aromatic carbocycles. The lowest BCUT2D eigenvalue weighted by Crippen LogP contribution is -2.25. The Balaban J connectivity index is 1.41. The summed E-state index contributed by atoms with van der Waals surface area (Å²) in [5.41, 5.74) is 2.92. The first kappa shape index (κ1) is 28.0. The number of benzene rings is 3. The van der Waals surface area contributed by atoms with Crippen LogP contribution in [0.5, 0.6) is 5.75 Å². The molecule has 0 radical (unpaired) electrons. The number of allylic oxidation sites excluding steroid dienone is 1. The van der Waals surface area contributed by atoms with Crippen molar-refractivity contribution in [2.75, 3.05) is 13.2 Å². The number of unbranched alkanes of at least 4 members (excludes halogenated alkanes) is 3. The second-order valence-corrected chi connectivity index (χ2v) is 10.1. The number of ether oxygens (including phenoxy) is 2. The highest BCUT2D eigenvalue weighted by Crippen LogP contribution is 2.35. The Morgan fingerprint density at radius 1 is 0.895 bits per heavy atom. The van der Waals surface area contributed by atoms with Crippen LogP contribution < -0.4 is 4.74 Å². The number of rotatable bonds is 12. The van der Waals surface area contributed by atoms with Crippen LogP contribution >= 0.6 is 0 Å². The fourth-order valence-corrected chi connectivity index (χ4v) is 5.04. The second-order valence-electron chi connectivity index (χ2n) is 10.1. The Morgan fingerprint density at radius 2 is 1.66 bits per heavy atom. The van der Waals surface area contributed by atoms with E-state index in [2.05, 4.69) is 13.5 Å². The van der Waals surface area contributed by atoms with Crippen molar-refractivity contribution >= 4 is 0 Å². The first-order chi connectivity index (χ1) is 18.5. The van der Waals surface area contributed by atoms with E-state index in [4.69, 9.17) is 9.47 Å². The van der Waals surface area contributed by atoms with Crippen LogP contribution in [0, 0.1) is 17.5 Å². The molecule has 0 aliphatic carbocycles. The summed E-state index contributed by atoms with van der Waals surface area (Å²) in [6, 6.07) is 15.4. The summed E-state index contributed by atoms with van der Waals surface area (Å²) in [5, 5.41) is 0. The Morgan fingerprint density at radius 3 is 2.34 bits per heavy atom. The molecule has 0 bridgehead atoms. The molecule has 0 aromatic heterocycles. The minimum Gasteiger partial charge on any atom is -0.490 e. The van der Waals surface area contributed by atoms with E-state index >= 15 is 4.39 Å². The summed E-state index contributed by atoms with van der Waals surface area (Å²) < 4.78 is 56.0. The Kier molecular flexibility index (Phi) is 10.1. The molecule has 1 saturated heterocycles. The summed E-state index contributed by atoms with van der Waals surface area (Å²) in [6.45, 7) is 6.76. The molecule has 1 heterocycles. The highest BCUT2D eigenvalue weighted by atomic mass is 19.2. The second kappa shape index (κ2) is 13.7. The molecule has 2 unspecified atom stereocenters. The predicted octanol–water partition coefficient (Wildman–Crippen LogP) is 9.63. The van der Waals surface area contributed by atoms with Gasteiger partial charge in [0.15, 0.2) is 11.6 Å². The van der Waals surface area contributed by atoms with E-state index in [-0.39, 0.29) is 29.2 Å². The lowest BCUT2D eigenvalue weighted by Gasteiger charge is -2.29. The van der Waals surface area contributed by atoms with Crippen molar-refractivity contribution in [2.24, 2.45) is 0 Å². The normalized spacial score (nSPS) is 17.4. The van der Waals surface area contributed by atoms with Gasteiger partial charge >= 0.3 is 0 Å². The zero-order valence-electron chi connectivity index (χ0n) is 22.2. The minimum absolute atomic E-state index is 0.0487.